The average Bonchev–Trinajstić information content (AvgIpc) is 2.63. The minimum Gasteiger partial charge on any atom is -0.377 e. The molecule has 0 saturated heterocycles. The molecule has 4 heteroatoms. The number of hydrogen-bond acceptors (Lipinski definition) is 1. The van der Waals surface area contributed by atoms with Gasteiger partial charge in [-0.3, -0.25) is 0 Å². The number of benzene rings is 1. The molecule has 0 bridgehead atoms. The number of nitrogens with zero attached hydrogens (tertiary/aromatic N) is 1. The van der Waals surface area contributed by atoms with Gasteiger partial charge < -0.3 is 9.88 Å². The average molecular weight is 281 g/mol. The maximum atomic E-state index is 13.7. The first-order chi connectivity index (χ1) is 9.04. The maximum absolute atomic E-state index is 13.7. The molecule has 2 rings (SSSR count). The van der Waals surface area contributed by atoms with Crippen LogP contribution in [0.5, 0.6) is 0 Å². The lowest BCUT2D eigenvalue weighted by Crippen LogP contribution is -2.04. The van der Waals surface area contributed by atoms with E-state index < -0.39 is 0 Å². The van der Waals surface area contributed by atoms with Gasteiger partial charge >= 0.3 is 0 Å². The fourth-order valence-corrected chi connectivity index (χ4v) is 2.62. The first-order valence-corrected chi connectivity index (χ1v) is 6.75. The highest BCUT2D eigenvalue weighted by molar-refractivity contribution is 6.33. The van der Waals surface area contributed by atoms with Crippen LogP contribution in [-0.4, -0.2) is 4.57 Å². The van der Waals surface area contributed by atoms with Crippen LogP contribution in [0.4, 0.5) is 10.1 Å². The number of aromatic nitrogens is 1. The summed E-state index contributed by atoms with van der Waals surface area (Å²) < 4.78 is 15.9. The van der Waals surface area contributed by atoms with Crippen LogP contribution in [0.2, 0.25) is 5.02 Å². The monoisotopic (exact) mass is 280 g/mol. The van der Waals surface area contributed by atoms with Crippen molar-refractivity contribution in [2.24, 2.45) is 0 Å². The van der Waals surface area contributed by atoms with E-state index in [1.165, 1.54) is 23.0 Å². The summed E-state index contributed by atoms with van der Waals surface area (Å²) in [6.07, 6.45) is 0. The molecule has 0 aliphatic rings. The van der Waals surface area contributed by atoms with Gasteiger partial charge in [0.05, 0.1) is 10.7 Å². The molecule has 19 heavy (non-hydrogen) atoms. The van der Waals surface area contributed by atoms with Crippen LogP contribution in [0, 0.1) is 19.7 Å². The van der Waals surface area contributed by atoms with Gasteiger partial charge in [0.25, 0.3) is 0 Å². The second-order valence-electron chi connectivity index (χ2n) is 4.59. The molecule has 0 atom stereocenters. The fraction of sp³-hybridized carbons (Fsp3) is 0.333. The zero-order chi connectivity index (χ0) is 14.0. The Bertz CT molecular complexity index is 570. The highest BCUT2D eigenvalue weighted by Gasteiger charge is 2.10. The van der Waals surface area contributed by atoms with Crippen LogP contribution in [0.25, 0.3) is 0 Å². The predicted octanol–water partition coefficient (Wildman–Crippen LogP) is 4.53. The molecule has 1 N–H and O–H groups in total. The molecule has 2 nitrogen and oxygen atoms in total. The maximum Gasteiger partial charge on any atom is 0.147 e. The van der Waals surface area contributed by atoms with E-state index in [0.717, 1.165) is 6.54 Å². The van der Waals surface area contributed by atoms with Gasteiger partial charge in [-0.2, -0.15) is 0 Å². The summed E-state index contributed by atoms with van der Waals surface area (Å²) in [7, 11) is 0. The third-order valence-electron chi connectivity index (χ3n) is 3.41. The van der Waals surface area contributed by atoms with Crippen molar-refractivity contribution in [3.05, 3.63) is 52.1 Å². The normalized spacial score (nSPS) is 10.8. The van der Waals surface area contributed by atoms with Crippen molar-refractivity contribution >= 4 is 17.3 Å². The summed E-state index contributed by atoms with van der Waals surface area (Å²) >= 11 is 5.99. The molecule has 0 unspecified atom stereocenters. The summed E-state index contributed by atoms with van der Waals surface area (Å²) in [5, 5.41) is 3.49. The molecule has 0 aliphatic heterocycles. The zero-order valence-corrected chi connectivity index (χ0v) is 12.2. The standard InChI is InChI=1S/C15H18ClFN2/c1-4-19-10(2)8-12(11(19)3)9-18-15-13(16)6-5-7-14(15)17/h5-8,18H,4,9H2,1-3H3. The third-order valence-corrected chi connectivity index (χ3v) is 3.73. The van der Waals surface area contributed by atoms with Crippen LogP contribution in [-0.2, 0) is 13.1 Å². The van der Waals surface area contributed by atoms with Gasteiger partial charge in [-0.25, -0.2) is 4.39 Å². The summed E-state index contributed by atoms with van der Waals surface area (Å²) in [4.78, 5) is 0. The van der Waals surface area contributed by atoms with Crippen LogP contribution < -0.4 is 5.32 Å². The molecular formula is C15H18ClFN2. The molecular weight excluding hydrogens is 263 g/mol. The Hall–Kier alpha value is -1.48. The smallest absolute Gasteiger partial charge is 0.147 e. The molecule has 0 fully saturated rings. The molecule has 0 aliphatic carbocycles. The Kier molecular flexibility index (Phi) is 4.15. The van der Waals surface area contributed by atoms with Crippen molar-refractivity contribution < 1.29 is 4.39 Å². The number of para-hydroxylation sites is 1. The van der Waals surface area contributed by atoms with E-state index in [-0.39, 0.29) is 5.82 Å². The van der Waals surface area contributed by atoms with Gasteiger partial charge in [0.2, 0.25) is 0 Å². The van der Waals surface area contributed by atoms with E-state index in [0.29, 0.717) is 17.3 Å². The number of halogens is 2. The lowest BCUT2D eigenvalue weighted by Gasteiger charge is -2.10. The Morgan fingerprint density at radius 2 is 2.05 bits per heavy atom. The Morgan fingerprint density at radius 3 is 2.63 bits per heavy atom. The quantitative estimate of drug-likeness (QED) is 0.871. The first kappa shape index (κ1) is 13.9. The Labute approximate surface area is 118 Å². The summed E-state index contributed by atoms with van der Waals surface area (Å²) in [6, 6.07) is 6.82. The molecule has 102 valence electrons. The Balaban J connectivity index is 2.19. The van der Waals surface area contributed by atoms with E-state index in [9.17, 15) is 4.39 Å². The van der Waals surface area contributed by atoms with Crippen molar-refractivity contribution in [2.45, 2.75) is 33.9 Å². The van der Waals surface area contributed by atoms with Crippen LogP contribution in [0.15, 0.2) is 24.3 Å². The van der Waals surface area contributed by atoms with Gasteiger partial charge in [-0.1, -0.05) is 17.7 Å². The highest BCUT2D eigenvalue weighted by Crippen LogP contribution is 2.26. The number of rotatable bonds is 4. The van der Waals surface area contributed by atoms with E-state index >= 15 is 0 Å². The van der Waals surface area contributed by atoms with Crippen molar-refractivity contribution in [3.8, 4) is 0 Å². The number of nitrogens with one attached hydrogen (secondary N) is 1. The first-order valence-electron chi connectivity index (χ1n) is 6.38. The molecule has 1 aromatic carbocycles. The Morgan fingerprint density at radius 1 is 1.32 bits per heavy atom. The van der Waals surface area contributed by atoms with Gasteiger partial charge in [-0.05, 0) is 44.5 Å². The van der Waals surface area contributed by atoms with Gasteiger partial charge in [0.15, 0.2) is 0 Å². The molecule has 1 heterocycles. The minimum atomic E-state index is -0.322. The topological polar surface area (TPSA) is 17.0 Å². The number of aryl methyl sites for hydroxylation is 1. The van der Waals surface area contributed by atoms with Gasteiger partial charge in [0.1, 0.15) is 5.82 Å². The predicted molar refractivity (Wildman–Crippen MR) is 78.3 cm³/mol. The zero-order valence-electron chi connectivity index (χ0n) is 11.4. The van der Waals surface area contributed by atoms with Crippen LogP contribution >= 0.6 is 11.6 Å². The molecule has 0 radical (unpaired) electrons. The van der Waals surface area contributed by atoms with E-state index in [2.05, 4.69) is 36.7 Å². The lowest BCUT2D eigenvalue weighted by atomic mass is 10.2. The second kappa shape index (κ2) is 5.66. The summed E-state index contributed by atoms with van der Waals surface area (Å²) in [6.45, 7) is 7.79. The van der Waals surface area contributed by atoms with Gasteiger partial charge in [-0.15, -0.1) is 0 Å². The SMILES string of the molecule is CCn1c(C)cc(CNc2c(F)cccc2Cl)c1C. The van der Waals surface area contributed by atoms with Crippen molar-refractivity contribution in [3.63, 3.8) is 0 Å². The van der Waals surface area contributed by atoms with Crippen molar-refractivity contribution in [1.29, 1.82) is 0 Å². The summed E-state index contributed by atoms with van der Waals surface area (Å²) in [5.41, 5.74) is 3.96. The lowest BCUT2D eigenvalue weighted by molar-refractivity contribution is 0.630. The molecule has 1 aromatic heterocycles. The second-order valence-corrected chi connectivity index (χ2v) is 5.00. The van der Waals surface area contributed by atoms with Gasteiger partial charge in [0, 0.05) is 24.5 Å². The van der Waals surface area contributed by atoms with E-state index in [4.69, 9.17) is 11.6 Å². The number of anilines is 1. The third kappa shape index (κ3) is 2.76. The number of hydrogen-bond donors (Lipinski definition) is 1. The van der Waals surface area contributed by atoms with Crippen molar-refractivity contribution in [1.82, 2.24) is 4.57 Å². The minimum absolute atomic E-state index is 0.322. The molecule has 0 amide bonds. The van der Waals surface area contributed by atoms with E-state index in [1.807, 2.05) is 0 Å². The van der Waals surface area contributed by atoms with Crippen molar-refractivity contribution in [2.75, 3.05) is 5.32 Å². The largest absolute Gasteiger partial charge is 0.377 e. The van der Waals surface area contributed by atoms with E-state index in [1.54, 1.807) is 12.1 Å². The highest BCUT2D eigenvalue weighted by atomic mass is 35.5. The fourth-order valence-electron chi connectivity index (χ4n) is 2.39. The van der Waals surface area contributed by atoms with Crippen LogP contribution in [0.3, 0.4) is 0 Å². The molecule has 0 spiro atoms. The summed E-state index contributed by atoms with van der Waals surface area (Å²) in [5.74, 6) is -0.322. The molecule has 2 aromatic rings. The molecule has 0 saturated carbocycles. The van der Waals surface area contributed by atoms with Crippen LogP contribution in [0.1, 0.15) is 23.9 Å².